The highest BCUT2D eigenvalue weighted by Gasteiger charge is 2.27. The third-order valence-corrected chi connectivity index (χ3v) is 5.92. The predicted molar refractivity (Wildman–Crippen MR) is 114 cm³/mol. The summed E-state index contributed by atoms with van der Waals surface area (Å²) in [5.41, 5.74) is 1.34. The number of nitrogens with zero attached hydrogens (tertiary/aromatic N) is 2. The fourth-order valence-electron chi connectivity index (χ4n) is 3.45. The molecule has 29 heavy (non-hydrogen) atoms. The number of carbonyl (C=O) groups is 1. The molecule has 0 radical (unpaired) electrons. The summed E-state index contributed by atoms with van der Waals surface area (Å²) in [7, 11) is 1.59. The van der Waals surface area contributed by atoms with Crippen molar-refractivity contribution in [3.63, 3.8) is 0 Å². The van der Waals surface area contributed by atoms with E-state index in [0.29, 0.717) is 29.6 Å². The van der Waals surface area contributed by atoms with Crippen LogP contribution in [0.1, 0.15) is 30.1 Å². The van der Waals surface area contributed by atoms with Crippen LogP contribution in [0, 0.1) is 0 Å². The van der Waals surface area contributed by atoms with Crippen molar-refractivity contribution >= 4 is 32.6 Å². The Kier molecular flexibility index (Phi) is 5.97. The highest BCUT2D eigenvalue weighted by atomic mass is 32.1. The SMILES string of the molecule is CCOc1cccc2sc(N(CC3CCCO3)C(=O)c3cccc(OC)c3)nc12. The maximum atomic E-state index is 13.4. The monoisotopic (exact) mass is 412 g/mol. The normalized spacial score (nSPS) is 16.1. The number of para-hydroxylation sites is 1. The van der Waals surface area contributed by atoms with Crippen LogP contribution >= 0.6 is 11.3 Å². The van der Waals surface area contributed by atoms with Gasteiger partial charge >= 0.3 is 0 Å². The first kappa shape index (κ1) is 19.7. The van der Waals surface area contributed by atoms with E-state index in [1.54, 1.807) is 24.1 Å². The van der Waals surface area contributed by atoms with E-state index in [4.69, 9.17) is 19.2 Å². The van der Waals surface area contributed by atoms with Crippen molar-refractivity contribution in [1.29, 1.82) is 0 Å². The molecule has 1 aliphatic heterocycles. The number of aromatic nitrogens is 1. The molecule has 1 atom stereocenters. The van der Waals surface area contributed by atoms with Gasteiger partial charge in [-0.15, -0.1) is 0 Å². The molecule has 1 fully saturated rings. The minimum Gasteiger partial charge on any atom is -0.497 e. The predicted octanol–water partition coefficient (Wildman–Crippen LogP) is 4.53. The minimum atomic E-state index is -0.114. The summed E-state index contributed by atoms with van der Waals surface area (Å²) in [6.07, 6.45) is 1.97. The lowest BCUT2D eigenvalue weighted by Gasteiger charge is -2.23. The van der Waals surface area contributed by atoms with Gasteiger partial charge in [-0.05, 0) is 50.1 Å². The van der Waals surface area contributed by atoms with E-state index in [1.165, 1.54) is 11.3 Å². The van der Waals surface area contributed by atoms with Gasteiger partial charge in [0.05, 0.1) is 31.1 Å². The maximum Gasteiger partial charge on any atom is 0.260 e. The molecule has 2 heterocycles. The molecule has 3 aromatic rings. The van der Waals surface area contributed by atoms with Crippen LogP contribution in [-0.4, -0.2) is 43.9 Å². The number of fused-ring (bicyclic) bond motifs is 1. The van der Waals surface area contributed by atoms with Gasteiger partial charge in [-0.3, -0.25) is 9.69 Å². The molecule has 0 spiro atoms. The number of benzene rings is 2. The fraction of sp³-hybridized carbons (Fsp3) is 0.364. The number of thiazole rings is 1. The van der Waals surface area contributed by atoms with Crippen LogP contribution in [0.3, 0.4) is 0 Å². The molecule has 0 N–H and O–H groups in total. The van der Waals surface area contributed by atoms with Crippen LogP contribution in [0.5, 0.6) is 11.5 Å². The molecule has 0 bridgehead atoms. The number of anilines is 1. The van der Waals surface area contributed by atoms with Crippen molar-refractivity contribution in [2.75, 3.05) is 31.8 Å². The minimum absolute atomic E-state index is 0.0166. The Balaban J connectivity index is 1.72. The number of ether oxygens (including phenoxy) is 3. The van der Waals surface area contributed by atoms with Gasteiger partial charge < -0.3 is 14.2 Å². The van der Waals surface area contributed by atoms with Gasteiger partial charge in [-0.2, -0.15) is 0 Å². The fourth-order valence-corrected chi connectivity index (χ4v) is 4.44. The van der Waals surface area contributed by atoms with Crippen LogP contribution in [-0.2, 0) is 4.74 Å². The first-order chi connectivity index (χ1) is 14.2. The Labute approximate surface area is 174 Å². The molecular weight excluding hydrogens is 388 g/mol. The molecule has 0 saturated carbocycles. The summed E-state index contributed by atoms with van der Waals surface area (Å²) in [4.78, 5) is 19.9. The Morgan fingerprint density at radius 2 is 2.17 bits per heavy atom. The van der Waals surface area contributed by atoms with Gasteiger partial charge in [-0.25, -0.2) is 4.98 Å². The molecule has 2 aromatic carbocycles. The van der Waals surface area contributed by atoms with E-state index in [2.05, 4.69) is 0 Å². The van der Waals surface area contributed by atoms with E-state index in [0.717, 1.165) is 35.4 Å². The average Bonchev–Trinajstić information content (AvgIpc) is 3.42. The van der Waals surface area contributed by atoms with E-state index < -0.39 is 0 Å². The average molecular weight is 413 g/mol. The second-order valence-electron chi connectivity index (χ2n) is 6.82. The van der Waals surface area contributed by atoms with E-state index in [-0.39, 0.29) is 12.0 Å². The van der Waals surface area contributed by atoms with Gasteiger partial charge in [0, 0.05) is 12.2 Å². The number of rotatable bonds is 7. The molecule has 4 rings (SSSR count). The lowest BCUT2D eigenvalue weighted by atomic mass is 10.1. The van der Waals surface area contributed by atoms with Gasteiger partial charge in [0.15, 0.2) is 5.13 Å². The molecule has 1 aliphatic rings. The molecular formula is C22H24N2O4S. The lowest BCUT2D eigenvalue weighted by molar-refractivity contribution is 0.0917. The number of carbonyl (C=O) groups excluding carboxylic acids is 1. The molecule has 1 amide bonds. The van der Waals surface area contributed by atoms with E-state index in [9.17, 15) is 4.79 Å². The zero-order valence-corrected chi connectivity index (χ0v) is 17.4. The summed E-state index contributed by atoms with van der Waals surface area (Å²) in [6.45, 7) is 3.72. The lowest BCUT2D eigenvalue weighted by Crippen LogP contribution is -2.37. The number of methoxy groups -OCH3 is 1. The summed E-state index contributed by atoms with van der Waals surface area (Å²) in [5.74, 6) is 1.27. The van der Waals surface area contributed by atoms with Crippen LogP contribution in [0.2, 0.25) is 0 Å². The third-order valence-electron chi connectivity index (χ3n) is 4.87. The van der Waals surface area contributed by atoms with Gasteiger partial charge in [-0.1, -0.05) is 23.5 Å². The standard InChI is InChI=1S/C22H24N2O4S/c1-3-27-18-10-5-11-19-20(18)23-22(29-19)24(14-17-9-6-12-28-17)21(25)15-7-4-8-16(13-15)26-2/h4-5,7-8,10-11,13,17H,3,6,9,12,14H2,1-2H3. The zero-order valence-electron chi connectivity index (χ0n) is 16.6. The highest BCUT2D eigenvalue weighted by Crippen LogP contribution is 2.35. The molecule has 1 aromatic heterocycles. The highest BCUT2D eigenvalue weighted by molar-refractivity contribution is 7.22. The largest absolute Gasteiger partial charge is 0.497 e. The van der Waals surface area contributed by atoms with Crippen molar-refractivity contribution in [3.05, 3.63) is 48.0 Å². The van der Waals surface area contributed by atoms with Crippen molar-refractivity contribution in [2.45, 2.75) is 25.9 Å². The Bertz CT molecular complexity index is 997. The van der Waals surface area contributed by atoms with Gasteiger partial charge in [0.2, 0.25) is 0 Å². The second-order valence-corrected chi connectivity index (χ2v) is 7.82. The number of hydrogen-bond acceptors (Lipinski definition) is 6. The quantitative estimate of drug-likeness (QED) is 0.571. The van der Waals surface area contributed by atoms with Crippen LogP contribution in [0.4, 0.5) is 5.13 Å². The third kappa shape index (κ3) is 4.21. The summed E-state index contributed by atoms with van der Waals surface area (Å²) in [5, 5.41) is 0.649. The number of hydrogen-bond donors (Lipinski definition) is 0. The molecule has 1 unspecified atom stereocenters. The number of amides is 1. The molecule has 0 aliphatic carbocycles. The molecule has 152 valence electrons. The first-order valence-corrected chi connectivity index (χ1v) is 10.6. The summed E-state index contributed by atoms with van der Waals surface area (Å²) in [6, 6.07) is 13.1. The maximum absolute atomic E-state index is 13.4. The van der Waals surface area contributed by atoms with Crippen molar-refractivity contribution in [2.24, 2.45) is 0 Å². The van der Waals surface area contributed by atoms with Crippen molar-refractivity contribution < 1.29 is 19.0 Å². The Morgan fingerprint density at radius 3 is 2.93 bits per heavy atom. The molecule has 1 saturated heterocycles. The second kappa shape index (κ2) is 8.80. The summed E-state index contributed by atoms with van der Waals surface area (Å²) >= 11 is 1.49. The zero-order chi connectivity index (χ0) is 20.2. The van der Waals surface area contributed by atoms with Gasteiger partial charge in [0.1, 0.15) is 17.0 Å². The van der Waals surface area contributed by atoms with Gasteiger partial charge in [0.25, 0.3) is 5.91 Å². The smallest absolute Gasteiger partial charge is 0.260 e. The Morgan fingerprint density at radius 1 is 1.31 bits per heavy atom. The van der Waals surface area contributed by atoms with E-state index >= 15 is 0 Å². The Hall–Kier alpha value is -2.64. The molecule has 6 nitrogen and oxygen atoms in total. The van der Waals surface area contributed by atoms with Crippen molar-refractivity contribution in [1.82, 2.24) is 4.98 Å². The van der Waals surface area contributed by atoms with E-state index in [1.807, 2.05) is 37.3 Å². The summed E-state index contributed by atoms with van der Waals surface area (Å²) < 4.78 is 17.8. The first-order valence-electron chi connectivity index (χ1n) is 9.79. The van der Waals surface area contributed by atoms with Crippen molar-refractivity contribution in [3.8, 4) is 11.5 Å². The van der Waals surface area contributed by atoms with Crippen LogP contribution in [0.25, 0.3) is 10.2 Å². The topological polar surface area (TPSA) is 60.9 Å². The van der Waals surface area contributed by atoms with Crippen LogP contribution < -0.4 is 14.4 Å². The van der Waals surface area contributed by atoms with Crippen LogP contribution in [0.15, 0.2) is 42.5 Å². The molecule has 7 heteroatoms.